The molecule has 0 aliphatic carbocycles. The first-order valence-corrected chi connectivity index (χ1v) is 8.03. The van der Waals surface area contributed by atoms with Crippen molar-refractivity contribution >= 4 is 15.9 Å². The predicted octanol–water partition coefficient (Wildman–Crippen LogP) is 4.10. The van der Waals surface area contributed by atoms with Crippen LogP contribution in [0.4, 0.5) is 0 Å². The van der Waals surface area contributed by atoms with E-state index in [0.29, 0.717) is 6.04 Å². The topological polar surface area (TPSA) is 29.3 Å². The minimum atomic E-state index is 0.193. The molecule has 1 aromatic rings. The van der Waals surface area contributed by atoms with Crippen molar-refractivity contribution in [3.8, 4) is 0 Å². The molecule has 19 heavy (non-hydrogen) atoms. The van der Waals surface area contributed by atoms with Gasteiger partial charge in [0.15, 0.2) is 0 Å². The lowest BCUT2D eigenvalue weighted by Gasteiger charge is -2.41. The Bertz CT molecular complexity index is 413. The number of nitrogens with two attached hydrogens (primary N) is 1. The smallest absolute Gasteiger partial charge is 0.0504 e. The van der Waals surface area contributed by atoms with Crippen LogP contribution in [0.2, 0.25) is 0 Å². The average Bonchev–Trinajstić information content (AvgIpc) is 2.72. The Kier molecular flexibility index (Phi) is 4.70. The standard InChI is InChI=1S/C16H25BrN2/c1-4-14(18)15(12-6-8-13(17)9-7-12)19-11-5-10-16(19,2)3/h6-9,14-15H,4-5,10-11,18H2,1-3H3. The summed E-state index contributed by atoms with van der Waals surface area (Å²) in [5, 5.41) is 0. The third kappa shape index (κ3) is 3.21. The lowest BCUT2D eigenvalue weighted by Crippen LogP contribution is -2.47. The first-order valence-electron chi connectivity index (χ1n) is 7.23. The maximum atomic E-state index is 6.43. The van der Waals surface area contributed by atoms with Crippen molar-refractivity contribution in [1.82, 2.24) is 4.90 Å². The van der Waals surface area contributed by atoms with Gasteiger partial charge in [-0.1, -0.05) is 35.0 Å². The lowest BCUT2D eigenvalue weighted by atomic mass is 9.92. The van der Waals surface area contributed by atoms with Crippen LogP contribution in [0.1, 0.15) is 51.6 Å². The van der Waals surface area contributed by atoms with Gasteiger partial charge >= 0.3 is 0 Å². The fourth-order valence-electron chi connectivity index (χ4n) is 3.19. The molecule has 1 heterocycles. The van der Waals surface area contributed by atoms with E-state index in [1.165, 1.54) is 18.4 Å². The summed E-state index contributed by atoms with van der Waals surface area (Å²) in [5.74, 6) is 0. The second-order valence-corrected chi connectivity index (χ2v) is 7.09. The van der Waals surface area contributed by atoms with E-state index in [1.807, 2.05) is 0 Å². The normalized spacial score (nSPS) is 22.4. The van der Waals surface area contributed by atoms with E-state index in [9.17, 15) is 0 Å². The quantitative estimate of drug-likeness (QED) is 0.903. The molecule has 2 unspecified atom stereocenters. The highest BCUT2D eigenvalue weighted by molar-refractivity contribution is 9.10. The molecule has 2 nitrogen and oxygen atoms in total. The van der Waals surface area contributed by atoms with Gasteiger partial charge < -0.3 is 5.73 Å². The summed E-state index contributed by atoms with van der Waals surface area (Å²) in [6, 6.07) is 9.17. The van der Waals surface area contributed by atoms with E-state index in [1.54, 1.807) is 0 Å². The van der Waals surface area contributed by atoms with Gasteiger partial charge in [-0.05, 0) is 57.4 Å². The molecule has 0 spiro atoms. The molecule has 1 aromatic carbocycles. The van der Waals surface area contributed by atoms with Gasteiger partial charge in [-0.25, -0.2) is 0 Å². The zero-order chi connectivity index (χ0) is 14.0. The van der Waals surface area contributed by atoms with Crippen LogP contribution in [-0.4, -0.2) is 23.0 Å². The average molecular weight is 325 g/mol. The number of likely N-dealkylation sites (tertiary alicyclic amines) is 1. The molecule has 0 bridgehead atoms. The van der Waals surface area contributed by atoms with Crippen molar-refractivity contribution in [2.45, 2.75) is 57.7 Å². The van der Waals surface area contributed by atoms with Crippen LogP contribution >= 0.6 is 15.9 Å². The molecule has 2 atom stereocenters. The number of halogens is 1. The molecule has 0 aromatic heterocycles. The molecule has 0 saturated carbocycles. The molecule has 1 aliphatic rings. The number of hydrogen-bond donors (Lipinski definition) is 1. The highest BCUT2D eigenvalue weighted by Crippen LogP contribution is 2.38. The Hall–Kier alpha value is -0.380. The van der Waals surface area contributed by atoms with E-state index < -0.39 is 0 Å². The Balaban J connectivity index is 2.33. The third-order valence-corrected chi connectivity index (χ3v) is 4.92. The maximum Gasteiger partial charge on any atom is 0.0504 e. The summed E-state index contributed by atoms with van der Waals surface area (Å²) in [5.41, 5.74) is 8.03. The Morgan fingerprint density at radius 3 is 2.42 bits per heavy atom. The second-order valence-electron chi connectivity index (χ2n) is 6.18. The number of rotatable bonds is 4. The minimum Gasteiger partial charge on any atom is -0.326 e. The van der Waals surface area contributed by atoms with Gasteiger partial charge in [-0.2, -0.15) is 0 Å². The molecule has 106 valence electrons. The van der Waals surface area contributed by atoms with Crippen LogP contribution < -0.4 is 5.73 Å². The van der Waals surface area contributed by atoms with Gasteiger partial charge in [0.1, 0.15) is 0 Å². The number of benzene rings is 1. The molecule has 3 heteroatoms. The van der Waals surface area contributed by atoms with Crippen molar-refractivity contribution in [2.75, 3.05) is 6.54 Å². The molecule has 1 fully saturated rings. The van der Waals surface area contributed by atoms with Crippen LogP contribution in [-0.2, 0) is 0 Å². The predicted molar refractivity (Wildman–Crippen MR) is 85.2 cm³/mol. The van der Waals surface area contributed by atoms with Crippen molar-refractivity contribution in [1.29, 1.82) is 0 Å². The van der Waals surface area contributed by atoms with E-state index in [-0.39, 0.29) is 11.6 Å². The third-order valence-electron chi connectivity index (χ3n) is 4.39. The van der Waals surface area contributed by atoms with Crippen LogP contribution in [0.3, 0.4) is 0 Å². The summed E-state index contributed by atoms with van der Waals surface area (Å²) in [6.45, 7) is 8.02. The Morgan fingerprint density at radius 1 is 1.32 bits per heavy atom. The lowest BCUT2D eigenvalue weighted by molar-refractivity contribution is 0.0965. The maximum absolute atomic E-state index is 6.43. The van der Waals surface area contributed by atoms with Gasteiger partial charge in [0.2, 0.25) is 0 Å². The molecule has 1 aliphatic heterocycles. The minimum absolute atomic E-state index is 0.193. The molecule has 0 radical (unpaired) electrons. The first kappa shape index (κ1) is 15.0. The number of hydrogen-bond acceptors (Lipinski definition) is 2. The largest absolute Gasteiger partial charge is 0.326 e. The summed E-state index contributed by atoms with van der Waals surface area (Å²) in [6.07, 6.45) is 3.54. The summed E-state index contributed by atoms with van der Waals surface area (Å²) >= 11 is 3.51. The highest BCUT2D eigenvalue weighted by atomic mass is 79.9. The van der Waals surface area contributed by atoms with E-state index in [2.05, 4.69) is 65.9 Å². The summed E-state index contributed by atoms with van der Waals surface area (Å²) in [4.78, 5) is 2.60. The fourth-order valence-corrected chi connectivity index (χ4v) is 3.45. The van der Waals surface area contributed by atoms with Crippen LogP contribution in [0.15, 0.2) is 28.7 Å². The Morgan fingerprint density at radius 2 is 1.95 bits per heavy atom. The molecular weight excluding hydrogens is 300 g/mol. The van der Waals surface area contributed by atoms with Crippen molar-refractivity contribution in [3.63, 3.8) is 0 Å². The SMILES string of the molecule is CCC(N)C(c1ccc(Br)cc1)N1CCCC1(C)C. The zero-order valence-corrected chi connectivity index (χ0v) is 13.8. The zero-order valence-electron chi connectivity index (χ0n) is 12.2. The first-order chi connectivity index (χ1) is 8.95. The van der Waals surface area contributed by atoms with Crippen LogP contribution in [0, 0.1) is 0 Å². The van der Waals surface area contributed by atoms with E-state index in [4.69, 9.17) is 5.73 Å². The second kappa shape index (κ2) is 5.94. The van der Waals surface area contributed by atoms with Crippen molar-refractivity contribution in [2.24, 2.45) is 5.73 Å². The number of nitrogens with zero attached hydrogens (tertiary/aromatic N) is 1. The highest BCUT2D eigenvalue weighted by Gasteiger charge is 2.39. The van der Waals surface area contributed by atoms with Crippen molar-refractivity contribution in [3.05, 3.63) is 34.3 Å². The van der Waals surface area contributed by atoms with Gasteiger partial charge in [0.05, 0.1) is 6.04 Å². The Labute approximate surface area is 125 Å². The van der Waals surface area contributed by atoms with Gasteiger partial charge in [-0.15, -0.1) is 0 Å². The molecular formula is C16H25BrN2. The molecule has 0 amide bonds. The summed E-state index contributed by atoms with van der Waals surface area (Å²) in [7, 11) is 0. The van der Waals surface area contributed by atoms with Crippen LogP contribution in [0.5, 0.6) is 0 Å². The molecule has 2 N–H and O–H groups in total. The van der Waals surface area contributed by atoms with E-state index >= 15 is 0 Å². The van der Waals surface area contributed by atoms with Gasteiger partial charge in [0, 0.05) is 16.1 Å². The monoisotopic (exact) mass is 324 g/mol. The van der Waals surface area contributed by atoms with Gasteiger partial charge in [-0.3, -0.25) is 4.90 Å². The van der Waals surface area contributed by atoms with Gasteiger partial charge in [0.25, 0.3) is 0 Å². The van der Waals surface area contributed by atoms with Crippen molar-refractivity contribution < 1.29 is 0 Å². The summed E-state index contributed by atoms with van der Waals surface area (Å²) < 4.78 is 1.13. The molecule has 1 saturated heterocycles. The van der Waals surface area contributed by atoms with Crippen LogP contribution in [0.25, 0.3) is 0 Å². The fraction of sp³-hybridized carbons (Fsp3) is 0.625. The van der Waals surface area contributed by atoms with E-state index in [0.717, 1.165) is 17.4 Å². The molecule has 2 rings (SSSR count).